The molecular formula is C19H23ClN2O. The Morgan fingerprint density at radius 2 is 1.87 bits per heavy atom. The van der Waals surface area contributed by atoms with E-state index in [1.807, 2.05) is 44.2 Å². The average Bonchev–Trinajstić information content (AvgIpc) is 2.52. The summed E-state index contributed by atoms with van der Waals surface area (Å²) in [5, 5.41) is 3.53. The maximum atomic E-state index is 12.3. The molecule has 3 nitrogen and oxygen atoms in total. The molecule has 0 saturated heterocycles. The van der Waals surface area contributed by atoms with Gasteiger partial charge in [0.05, 0.1) is 10.7 Å². The van der Waals surface area contributed by atoms with Crippen molar-refractivity contribution < 1.29 is 4.79 Å². The first kappa shape index (κ1) is 17.4. The summed E-state index contributed by atoms with van der Waals surface area (Å²) in [4.78, 5) is 14.4. The molecule has 0 fully saturated rings. The van der Waals surface area contributed by atoms with Crippen molar-refractivity contribution >= 4 is 28.9 Å². The molecule has 2 aromatic rings. The summed E-state index contributed by atoms with van der Waals surface area (Å²) in [5.74, 6) is -0.0202. The van der Waals surface area contributed by atoms with Crippen molar-refractivity contribution in [2.75, 3.05) is 23.3 Å². The summed E-state index contributed by atoms with van der Waals surface area (Å²) in [6.45, 7) is 7.57. The van der Waals surface area contributed by atoms with Crippen molar-refractivity contribution in [3.8, 4) is 0 Å². The summed E-state index contributed by atoms with van der Waals surface area (Å²) >= 11 is 6.24. The SMILES string of the molecule is CCN(CCC(=O)Nc1c(C)cc(C)cc1Cl)c1ccccc1. The molecule has 0 saturated carbocycles. The number of nitrogens with one attached hydrogen (secondary N) is 1. The number of nitrogens with zero attached hydrogens (tertiary/aromatic N) is 1. The Morgan fingerprint density at radius 3 is 2.48 bits per heavy atom. The minimum Gasteiger partial charge on any atom is -0.371 e. The number of aryl methyl sites for hydroxylation is 2. The lowest BCUT2D eigenvalue weighted by Gasteiger charge is -2.23. The number of amides is 1. The van der Waals surface area contributed by atoms with Crippen LogP contribution >= 0.6 is 11.6 Å². The van der Waals surface area contributed by atoms with E-state index in [-0.39, 0.29) is 5.91 Å². The highest BCUT2D eigenvalue weighted by Gasteiger charge is 2.11. The topological polar surface area (TPSA) is 32.3 Å². The molecule has 4 heteroatoms. The van der Waals surface area contributed by atoms with Gasteiger partial charge < -0.3 is 10.2 Å². The predicted molar refractivity (Wildman–Crippen MR) is 98.5 cm³/mol. The number of hydrogen-bond acceptors (Lipinski definition) is 2. The molecule has 2 rings (SSSR count). The summed E-state index contributed by atoms with van der Waals surface area (Å²) in [5.41, 5.74) is 3.92. The van der Waals surface area contributed by atoms with Crippen molar-refractivity contribution in [2.45, 2.75) is 27.2 Å². The maximum Gasteiger partial charge on any atom is 0.226 e. The Kier molecular flexibility index (Phi) is 6.05. The molecular weight excluding hydrogens is 308 g/mol. The van der Waals surface area contributed by atoms with Crippen LogP contribution in [0.3, 0.4) is 0 Å². The zero-order chi connectivity index (χ0) is 16.8. The largest absolute Gasteiger partial charge is 0.371 e. The molecule has 122 valence electrons. The van der Waals surface area contributed by atoms with Gasteiger partial charge in [0.25, 0.3) is 0 Å². The highest BCUT2D eigenvalue weighted by Crippen LogP contribution is 2.27. The lowest BCUT2D eigenvalue weighted by atomic mass is 10.1. The number of para-hydroxylation sites is 1. The third kappa shape index (κ3) is 4.73. The average molecular weight is 331 g/mol. The standard InChI is InChI=1S/C19H23ClN2O/c1-4-22(16-8-6-5-7-9-16)11-10-18(23)21-19-15(3)12-14(2)13-17(19)20/h5-9,12-13H,4,10-11H2,1-3H3,(H,21,23). The Hall–Kier alpha value is -2.00. The zero-order valence-electron chi connectivity index (χ0n) is 13.9. The van der Waals surface area contributed by atoms with Crippen LogP contribution in [0.4, 0.5) is 11.4 Å². The lowest BCUT2D eigenvalue weighted by molar-refractivity contribution is -0.116. The second-order valence-corrected chi connectivity index (χ2v) is 6.06. The zero-order valence-corrected chi connectivity index (χ0v) is 14.7. The number of carbonyl (C=O) groups is 1. The van der Waals surface area contributed by atoms with Crippen LogP contribution < -0.4 is 10.2 Å². The minimum atomic E-state index is -0.0202. The summed E-state index contributed by atoms with van der Waals surface area (Å²) in [6.07, 6.45) is 0.423. The Labute approximate surface area is 143 Å². The Morgan fingerprint density at radius 1 is 1.17 bits per heavy atom. The van der Waals surface area contributed by atoms with Crippen molar-refractivity contribution in [3.05, 3.63) is 58.6 Å². The van der Waals surface area contributed by atoms with Gasteiger partial charge in [0.2, 0.25) is 5.91 Å². The van der Waals surface area contributed by atoms with Crippen LogP contribution in [0.15, 0.2) is 42.5 Å². The molecule has 1 amide bonds. The summed E-state index contributed by atoms with van der Waals surface area (Å²) in [6, 6.07) is 14.0. The number of hydrogen-bond donors (Lipinski definition) is 1. The molecule has 0 aliphatic heterocycles. The van der Waals surface area contributed by atoms with Crippen molar-refractivity contribution in [3.63, 3.8) is 0 Å². The number of rotatable bonds is 6. The second kappa shape index (κ2) is 8.02. The minimum absolute atomic E-state index is 0.0202. The van der Waals surface area contributed by atoms with Crippen LogP contribution in [-0.4, -0.2) is 19.0 Å². The van der Waals surface area contributed by atoms with Gasteiger partial charge in [0.1, 0.15) is 0 Å². The summed E-state index contributed by atoms with van der Waals surface area (Å²) in [7, 11) is 0. The van der Waals surface area contributed by atoms with E-state index in [2.05, 4.69) is 29.3 Å². The quantitative estimate of drug-likeness (QED) is 0.824. The van der Waals surface area contributed by atoms with Gasteiger partial charge in [0, 0.05) is 25.2 Å². The highest BCUT2D eigenvalue weighted by atomic mass is 35.5. The van der Waals surface area contributed by atoms with Crippen molar-refractivity contribution in [1.82, 2.24) is 0 Å². The number of benzene rings is 2. The van der Waals surface area contributed by atoms with Gasteiger partial charge in [-0.1, -0.05) is 35.9 Å². The van der Waals surface area contributed by atoms with Gasteiger partial charge >= 0.3 is 0 Å². The van der Waals surface area contributed by atoms with Crippen LogP contribution in [0.5, 0.6) is 0 Å². The third-order valence-electron chi connectivity index (χ3n) is 3.81. The van der Waals surface area contributed by atoms with Crippen molar-refractivity contribution in [2.24, 2.45) is 0 Å². The van der Waals surface area contributed by atoms with E-state index in [4.69, 9.17) is 11.6 Å². The van der Waals surface area contributed by atoms with Gasteiger partial charge in [0.15, 0.2) is 0 Å². The van der Waals surface area contributed by atoms with Crippen LogP contribution in [0.2, 0.25) is 5.02 Å². The lowest BCUT2D eigenvalue weighted by Crippen LogP contribution is -2.27. The maximum absolute atomic E-state index is 12.3. The molecule has 0 bridgehead atoms. The van der Waals surface area contributed by atoms with Crippen molar-refractivity contribution in [1.29, 1.82) is 0 Å². The normalized spacial score (nSPS) is 10.4. The van der Waals surface area contributed by atoms with Gasteiger partial charge in [-0.2, -0.15) is 0 Å². The van der Waals surface area contributed by atoms with E-state index in [1.165, 1.54) is 0 Å². The van der Waals surface area contributed by atoms with Gasteiger partial charge in [-0.15, -0.1) is 0 Å². The van der Waals surface area contributed by atoms with E-state index in [0.29, 0.717) is 23.7 Å². The number of carbonyl (C=O) groups excluding carboxylic acids is 1. The van der Waals surface area contributed by atoms with Gasteiger partial charge in [-0.25, -0.2) is 0 Å². The third-order valence-corrected chi connectivity index (χ3v) is 4.11. The predicted octanol–water partition coefficient (Wildman–Crippen LogP) is 4.81. The molecule has 0 heterocycles. The van der Waals surface area contributed by atoms with Gasteiger partial charge in [-0.3, -0.25) is 4.79 Å². The molecule has 0 radical (unpaired) electrons. The molecule has 0 unspecified atom stereocenters. The molecule has 23 heavy (non-hydrogen) atoms. The second-order valence-electron chi connectivity index (χ2n) is 5.65. The first-order valence-corrected chi connectivity index (χ1v) is 8.25. The van der Waals surface area contributed by atoms with Crippen LogP contribution in [0, 0.1) is 13.8 Å². The fraction of sp³-hybridized carbons (Fsp3) is 0.316. The Balaban J connectivity index is 1.98. The number of halogens is 1. The monoisotopic (exact) mass is 330 g/mol. The van der Waals surface area contributed by atoms with Crippen LogP contribution in [-0.2, 0) is 4.79 Å². The summed E-state index contributed by atoms with van der Waals surface area (Å²) < 4.78 is 0. The molecule has 0 spiro atoms. The van der Waals surface area contributed by atoms with Crippen LogP contribution in [0.1, 0.15) is 24.5 Å². The molecule has 0 atom stereocenters. The number of anilines is 2. The smallest absolute Gasteiger partial charge is 0.226 e. The van der Waals surface area contributed by atoms with E-state index in [1.54, 1.807) is 0 Å². The Bertz CT molecular complexity index is 647. The van der Waals surface area contributed by atoms with E-state index < -0.39 is 0 Å². The molecule has 1 N–H and O–H groups in total. The highest BCUT2D eigenvalue weighted by molar-refractivity contribution is 6.34. The van der Waals surface area contributed by atoms with E-state index >= 15 is 0 Å². The molecule has 0 aromatic heterocycles. The fourth-order valence-electron chi connectivity index (χ4n) is 2.62. The molecule has 2 aromatic carbocycles. The van der Waals surface area contributed by atoms with E-state index in [9.17, 15) is 4.79 Å². The first-order chi connectivity index (χ1) is 11.0. The van der Waals surface area contributed by atoms with Gasteiger partial charge in [-0.05, 0) is 50.1 Å². The molecule has 0 aliphatic carbocycles. The van der Waals surface area contributed by atoms with Crippen LogP contribution in [0.25, 0.3) is 0 Å². The van der Waals surface area contributed by atoms with E-state index in [0.717, 1.165) is 23.4 Å². The fourth-order valence-corrected chi connectivity index (χ4v) is 2.99. The first-order valence-electron chi connectivity index (χ1n) is 7.88. The molecule has 0 aliphatic rings.